The van der Waals surface area contributed by atoms with Gasteiger partial charge in [0.05, 0.1) is 0 Å². The van der Waals surface area contributed by atoms with Gasteiger partial charge in [0.2, 0.25) is 0 Å². The van der Waals surface area contributed by atoms with Gasteiger partial charge in [0.25, 0.3) is 0 Å². The average molecular weight is 190 g/mol. The van der Waals surface area contributed by atoms with Crippen LogP contribution in [-0.4, -0.2) is 16.0 Å². The number of ether oxygens (including phenoxy) is 1. The molecule has 0 rings (SSSR count). The van der Waals surface area contributed by atoms with Gasteiger partial charge in [-0.2, -0.15) is 0 Å². The Labute approximate surface area is 77.0 Å². The Kier molecular flexibility index (Phi) is 4.34. The molecule has 70 valence electrons. The fourth-order valence-electron chi connectivity index (χ4n) is 0.510. The second kappa shape index (κ2) is 4.52. The predicted molar refractivity (Wildman–Crippen MR) is 49.8 cm³/mol. The summed E-state index contributed by atoms with van der Waals surface area (Å²) in [6.45, 7) is 8.88. The van der Waals surface area contributed by atoms with Crippen LogP contribution in [0.3, 0.4) is 0 Å². The normalized spacial score (nSPS) is 13.7. The third-order valence-corrected chi connectivity index (χ3v) is 2.19. The molecule has 0 aromatic rings. The molecule has 1 atom stereocenters. The quantitative estimate of drug-likeness (QED) is 0.321. The molecule has 1 N–H and O–H groups in total. The molecule has 12 heavy (non-hydrogen) atoms. The number of carbonyl (C=O) groups is 1. The molecule has 0 aromatic carbocycles. The van der Waals surface area contributed by atoms with Crippen LogP contribution in [0, 0.1) is 5.41 Å². The molecule has 3 nitrogen and oxygen atoms in total. The van der Waals surface area contributed by atoms with Gasteiger partial charge < -0.3 is 9.29 Å². The first-order valence-corrected chi connectivity index (χ1v) is 4.38. The maximum absolute atomic E-state index is 10.8. The monoisotopic (exact) mass is 190 g/mol. The van der Waals surface area contributed by atoms with Gasteiger partial charge in [0.15, 0.2) is 5.44 Å². The molecule has 0 aliphatic heterocycles. The Morgan fingerprint density at radius 1 is 1.67 bits per heavy atom. The minimum Gasteiger partial charge on any atom is -0.445 e. The van der Waals surface area contributed by atoms with E-state index < -0.39 is 11.4 Å². The van der Waals surface area contributed by atoms with Crippen LogP contribution in [0.1, 0.15) is 20.8 Å². The van der Waals surface area contributed by atoms with Crippen molar-refractivity contribution in [2.45, 2.75) is 26.2 Å². The van der Waals surface area contributed by atoms with Crippen molar-refractivity contribution in [1.29, 1.82) is 0 Å². The summed E-state index contributed by atoms with van der Waals surface area (Å²) in [6.07, 6.45) is 1.08. The van der Waals surface area contributed by atoms with Crippen molar-refractivity contribution < 1.29 is 14.1 Å². The summed E-state index contributed by atoms with van der Waals surface area (Å²) in [7, 11) is 0. The molecule has 1 unspecified atom stereocenters. The zero-order valence-corrected chi connectivity index (χ0v) is 8.35. The van der Waals surface area contributed by atoms with Crippen molar-refractivity contribution in [2.24, 2.45) is 5.41 Å². The van der Waals surface area contributed by atoms with E-state index in [1.165, 1.54) is 0 Å². The van der Waals surface area contributed by atoms with E-state index in [1.807, 2.05) is 20.8 Å². The van der Waals surface area contributed by atoms with E-state index in [9.17, 15) is 4.79 Å². The van der Waals surface area contributed by atoms with Gasteiger partial charge in [-0.1, -0.05) is 27.4 Å². The molecule has 4 heteroatoms. The second-order valence-corrected chi connectivity index (χ2v) is 4.08. The molecule has 0 fully saturated rings. The lowest BCUT2D eigenvalue weighted by Gasteiger charge is -2.26. The van der Waals surface area contributed by atoms with Crippen molar-refractivity contribution in [1.82, 2.24) is 0 Å². The Morgan fingerprint density at radius 3 is 2.42 bits per heavy atom. The summed E-state index contributed by atoms with van der Waals surface area (Å²) >= 11 is 0.530. The van der Waals surface area contributed by atoms with Gasteiger partial charge in [-0.15, -0.1) is 0 Å². The maximum atomic E-state index is 10.8. The van der Waals surface area contributed by atoms with E-state index in [0.29, 0.717) is 12.0 Å². The van der Waals surface area contributed by atoms with Gasteiger partial charge in [-0.05, 0) is 0 Å². The summed E-state index contributed by atoms with van der Waals surface area (Å²) in [4.78, 5) is 10.8. The van der Waals surface area contributed by atoms with Crippen LogP contribution in [-0.2, 0) is 9.53 Å². The van der Waals surface area contributed by atoms with E-state index in [2.05, 4.69) is 6.58 Å². The highest BCUT2D eigenvalue weighted by Crippen LogP contribution is 2.29. The van der Waals surface area contributed by atoms with E-state index in [0.717, 1.165) is 6.08 Å². The van der Waals surface area contributed by atoms with Crippen LogP contribution in [0.4, 0.5) is 0 Å². The van der Waals surface area contributed by atoms with Crippen molar-refractivity contribution in [2.75, 3.05) is 0 Å². The molecule has 0 heterocycles. The zero-order chi connectivity index (χ0) is 9.78. The topological polar surface area (TPSA) is 46.5 Å². The summed E-state index contributed by atoms with van der Waals surface area (Å²) in [5.41, 5.74) is -0.832. The third kappa shape index (κ3) is 3.78. The molecule has 0 aliphatic carbocycles. The predicted octanol–water partition coefficient (Wildman–Crippen LogP) is 2.29. The van der Waals surface area contributed by atoms with Gasteiger partial charge in [-0.25, -0.2) is 4.79 Å². The lowest BCUT2D eigenvalue weighted by atomic mass is 9.98. The standard InChI is InChI=1S/C8H14O3S/c1-5-6(9)11-7(12-10)8(2,3)4/h5,7,10H,1H2,2-4H3. The lowest BCUT2D eigenvalue weighted by Crippen LogP contribution is -2.27. The molecule has 0 spiro atoms. The molecule has 0 saturated carbocycles. The highest BCUT2D eigenvalue weighted by Gasteiger charge is 2.28. The van der Waals surface area contributed by atoms with Crippen molar-refractivity contribution in [3.8, 4) is 0 Å². The fraction of sp³-hybridized carbons (Fsp3) is 0.625. The van der Waals surface area contributed by atoms with Gasteiger partial charge in [-0.3, -0.25) is 0 Å². The van der Waals surface area contributed by atoms with Crippen molar-refractivity contribution in [3.63, 3.8) is 0 Å². The summed E-state index contributed by atoms with van der Waals surface area (Å²) < 4.78 is 13.7. The molecule has 0 bridgehead atoms. The first kappa shape index (κ1) is 11.5. The SMILES string of the molecule is C=CC(=O)OC(SO)C(C)(C)C. The number of esters is 1. The lowest BCUT2D eigenvalue weighted by molar-refractivity contribution is -0.142. The van der Waals surface area contributed by atoms with Gasteiger partial charge in [0, 0.05) is 23.5 Å². The van der Waals surface area contributed by atoms with Crippen molar-refractivity contribution in [3.05, 3.63) is 12.7 Å². The average Bonchev–Trinajstić information content (AvgIpc) is 1.97. The summed E-state index contributed by atoms with van der Waals surface area (Å²) in [6, 6.07) is 0. The van der Waals surface area contributed by atoms with E-state index in [-0.39, 0.29) is 5.41 Å². The highest BCUT2D eigenvalue weighted by atomic mass is 32.2. The Hall–Kier alpha value is -0.480. The summed E-state index contributed by atoms with van der Waals surface area (Å²) in [5.74, 6) is -0.517. The third-order valence-electron chi connectivity index (χ3n) is 1.19. The number of carbonyl (C=O) groups excluding carboxylic acids is 1. The van der Waals surface area contributed by atoms with Crippen LogP contribution in [0.5, 0.6) is 0 Å². The Bertz CT molecular complexity index is 172. The van der Waals surface area contributed by atoms with Crippen molar-refractivity contribution >= 4 is 18.0 Å². The fourth-order valence-corrected chi connectivity index (χ4v) is 0.964. The number of hydrogen-bond donors (Lipinski definition) is 1. The smallest absolute Gasteiger partial charge is 0.331 e. The van der Waals surface area contributed by atoms with E-state index in [4.69, 9.17) is 9.29 Å². The molecule has 0 amide bonds. The Balaban J connectivity index is 4.18. The number of hydrogen-bond acceptors (Lipinski definition) is 4. The number of rotatable bonds is 3. The minimum absolute atomic E-state index is 0.280. The molecular weight excluding hydrogens is 176 g/mol. The van der Waals surface area contributed by atoms with Crippen LogP contribution < -0.4 is 0 Å². The molecular formula is C8H14O3S. The first-order chi connectivity index (χ1) is 5.41. The second-order valence-electron chi connectivity index (χ2n) is 3.44. The van der Waals surface area contributed by atoms with Gasteiger partial charge in [0.1, 0.15) is 0 Å². The largest absolute Gasteiger partial charge is 0.445 e. The van der Waals surface area contributed by atoms with Crippen LogP contribution >= 0.6 is 12.0 Å². The van der Waals surface area contributed by atoms with Crippen LogP contribution in [0.15, 0.2) is 12.7 Å². The van der Waals surface area contributed by atoms with Gasteiger partial charge >= 0.3 is 5.97 Å². The molecule has 0 saturated heterocycles. The van der Waals surface area contributed by atoms with Crippen LogP contribution in [0.2, 0.25) is 0 Å². The molecule has 0 aliphatic rings. The molecule has 0 aromatic heterocycles. The summed E-state index contributed by atoms with van der Waals surface area (Å²) in [5, 5.41) is 0. The molecule has 0 radical (unpaired) electrons. The zero-order valence-electron chi connectivity index (χ0n) is 7.53. The maximum Gasteiger partial charge on any atom is 0.331 e. The first-order valence-electron chi connectivity index (χ1n) is 3.55. The van der Waals surface area contributed by atoms with E-state index in [1.54, 1.807) is 0 Å². The van der Waals surface area contributed by atoms with Crippen LogP contribution in [0.25, 0.3) is 0 Å². The van der Waals surface area contributed by atoms with E-state index >= 15 is 0 Å². The minimum atomic E-state index is -0.553. The Morgan fingerprint density at radius 2 is 2.17 bits per heavy atom. The highest BCUT2D eigenvalue weighted by molar-refractivity contribution is 7.94.